The SMILES string of the molecule is CNCC(C=O)NC(N)=NC(OC(=O)C(NCCC=O)C(=O)O)C1OC(Oc2ccc3c(=O)c(-c4ccc(O)cc4)coc3c2)C(On2cc3cc[nH]c3c2-c2cc(C)cc(C)c2)C(O)(C(O)CCCO)C1(O)CO. The van der Waals surface area contributed by atoms with E-state index in [1.54, 1.807) is 12.3 Å². The van der Waals surface area contributed by atoms with Gasteiger partial charge in [-0.25, -0.2) is 14.6 Å². The number of phenols is 1. The van der Waals surface area contributed by atoms with Crippen LogP contribution in [0.25, 0.3) is 44.3 Å². The van der Waals surface area contributed by atoms with Crippen LogP contribution in [-0.2, 0) is 28.7 Å². The number of carbonyl (C=O) groups is 4. The third kappa shape index (κ3) is 11.5. The molecule has 0 saturated carbocycles. The lowest BCUT2D eigenvalue weighted by Gasteiger charge is -2.57. The average Bonchev–Trinajstić information content (AvgIpc) is 3.97. The van der Waals surface area contributed by atoms with E-state index in [0.29, 0.717) is 40.3 Å². The number of esters is 1. The van der Waals surface area contributed by atoms with E-state index in [9.17, 15) is 59.7 Å². The van der Waals surface area contributed by atoms with Crippen molar-refractivity contribution in [2.24, 2.45) is 10.7 Å². The molecule has 13 N–H and O–H groups in total. The highest BCUT2D eigenvalue weighted by atomic mass is 16.8. The van der Waals surface area contributed by atoms with Crippen LogP contribution >= 0.6 is 0 Å². The Morgan fingerprint density at radius 3 is 2.41 bits per heavy atom. The molecule has 1 aliphatic heterocycles. The molecule has 6 aromatic rings. The largest absolute Gasteiger partial charge is 0.508 e. The number of aromatic amines is 1. The number of aromatic nitrogens is 2. The molecule has 75 heavy (non-hydrogen) atoms. The van der Waals surface area contributed by atoms with Crippen LogP contribution in [0, 0.1) is 13.8 Å². The summed E-state index contributed by atoms with van der Waals surface area (Å²) < 4.78 is 25.8. The van der Waals surface area contributed by atoms with Crippen LogP contribution in [0.15, 0.2) is 99.6 Å². The number of carboxylic acids is 1. The molecule has 7 rings (SSSR count). The number of likely N-dealkylation sites (N-methyl/N-ethyl adjacent to an activating group) is 1. The molecular formula is C51H59N7O17. The number of aliphatic carboxylic acids is 1. The molecule has 0 amide bonds. The molecule has 0 bridgehead atoms. The van der Waals surface area contributed by atoms with Crippen LogP contribution in [0.2, 0.25) is 0 Å². The highest BCUT2D eigenvalue weighted by Crippen LogP contribution is 2.46. The van der Waals surface area contributed by atoms with Gasteiger partial charge in [-0.1, -0.05) is 29.3 Å². The third-order valence-corrected chi connectivity index (χ3v) is 12.7. The number of carboxylic acid groups (broad SMARTS) is 1. The smallest absolute Gasteiger partial charge is 0.336 e. The lowest BCUT2D eigenvalue weighted by atomic mass is 9.68. The maximum atomic E-state index is 14.0. The number of carbonyl (C=O) groups excluding carboxylic acids is 3. The molecule has 24 heteroatoms. The van der Waals surface area contributed by atoms with E-state index in [4.69, 9.17) is 29.2 Å². The van der Waals surface area contributed by atoms with Gasteiger partial charge in [0, 0.05) is 49.3 Å². The summed E-state index contributed by atoms with van der Waals surface area (Å²) in [6, 6.07) is 13.9. The standard InChI is InChI=1S/C51H59N7O17/c1-27-18-28(2)20-31(19-27)41-39-30(13-15-55-39)23-58(41)75-44-48(72-34-11-12-35-37(21-34)71-25-36(42(35)65)29-7-9-33(63)10-8-29)73-43(50(69,26-62)51(44,70)38(64)6-4-16-59)45(57-49(52)56-32(24-61)22-53-3)74-47(68)40(46(66)67)54-14-5-17-60/h7-13,15,17-21,23-25,32,38,40,43-45,48,53-55,59,62-64,69-70H,4-6,14,16,22,26H2,1-3H3,(H,66,67)(H3,52,56,57). The van der Waals surface area contributed by atoms with Gasteiger partial charge < -0.3 is 90.2 Å². The fourth-order valence-electron chi connectivity index (χ4n) is 9.09. The number of aliphatic hydroxyl groups is 5. The molecular weight excluding hydrogens is 983 g/mol. The summed E-state index contributed by atoms with van der Waals surface area (Å²) in [5.41, 5.74) is 2.99. The average molecular weight is 1040 g/mol. The monoisotopic (exact) mass is 1040 g/mol. The zero-order chi connectivity index (χ0) is 54.2. The zero-order valence-corrected chi connectivity index (χ0v) is 40.9. The summed E-state index contributed by atoms with van der Waals surface area (Å²) >= 11 is 0. The Hall–Kier alpha value is -7.68. The maximum Gasteiger partial charge on any atom is 0.336 e. The number of aliphatic imine (C=N–C) groups is 1. The number of nitrogens with two attached hydrogens (primary N) is 1. The number of hydrogen-bond donors (Lipinski definition) is 12. The number of aliphatic hydroxyl groups excluding tert-OH is 3. The van der Waals surface area contributed by atoms with Crippen molar-refractivity contribution < 1.29 is 78.4 Å². The Labute approximate surface area is 427 Å². The van der Waals surface area contributed by atoms with E-state index < -0.39 is 97.1 Å². The first-order chi connectivity index (χ1) is 35.9. The van der Waals surface area contributed by atoms with Crippen molar-refractivity contribution in [3.05, 3.63) is 107 Å². The van der Waals surface area contributed by atoms with Gasteiger partial charge in [0.15, 0.2) is 28.7 Å². The number of guanidine groups is 1. The molecule has 0 spiro atoms. The van der Waals surface area contributed by atoms with Crippen LogP contribution in [0.4, 0.5) is 0 Å². The van der Waals surface area contributed by atoms with Gasteiger partial charge in [-0.3, -0.25) is 10.1 Å². The van der Waals surface area contributed by atoms with Gasteiger partial charge in [0.05, 0.1) is 41.4 Å². The predicted octanol–water partition coefficient (Wildman–Crippen LogP) is 0.114. The molecule has 3 aromatic carbocycles. The molecule has 400 valence electrons. The normalized spacial score (nSPS) is 21.5. The number of phenolic OH excluding ortho intramolecular Hbond substituents is 1. The number of rotatable bonds is 24. The second kappa shape index (κ2) is 23.7. The molecule has 0 aliphatic carbocycles. The minimum atomic E-state index is -3.32. The number of aldehydes is 2. The van der Waals surface area contributed by atoms with Crippen molar-refractivity contribution >= 4 is 52.3 Å². The number of H-pyrrole nitrogens is 1. The first-order valence-electron chi connectivity index (χ1n) is 23.7. The number of benzene rings is 3. The third-order valence-electron chi connectivity index (χ3n) is 12.7. The number of aryl methyl sites for hydroxylation is 2. The number of aromatic hydroxyl groups is 1. The molecule has 9 atom stereocenters. The Balaban J connectivity index is 1.44. The summed E-state index contributed by atoms with van der Waals surface area (Å²) in [7, 11) is 1.52. The summed E-state index contributed by atoms with van der Waals surface area (Å²) in [5.74, 6) is -4.27. The summed E-state index contributed by atoms with van der Waals surface area (Å²) in [5, 5.41) is 88.8. The number of nitrogens with one attached hydrogen (secondary N) is 4. The van der Waals surface area contributed by atoms with Gasteiger partial charge in [0.2, 0.25) is 24.7 Å². The van der Waals surface area contributed by atoms with Gasteiger partial charge in [-0.05, 0) is 81.8 Å². The minimum Gasteiger partial charge on any atom is -0.508 e. The lowest BCUT2D eigenvalue weighted by molar-refractivity contribution is -0.386. The number of ether oxygens (including phenoxy) is 3. The number of nitrogens with zero attached hydrogens (tertiary/aromatic N) is 2. The topological polar surface area (TPSA) is 372 Å². The molecule has 3 aromatic heterocycles. The minimum absolute atomic E-state index is 0.0266. The van der Waals surface area contributed by atoms with Gasteiger partial charge in [-0.15, -0.1) is 0 Å². The second-order valence-electron chi connectivity index (χ2n) is 18.0. The fourth-order valence-corrected chi connectivity index (χ4v) is 9.09. The molecule has 0 radical (unpaired) electrons. The quantitative estimate of drug-likeness (QED) is 0.00956. The second-order valence-corrected chi connectivity index (χ2v) is 18.0. The maximum absolute atomic E-state index is 14.0. The van der Waals surface area contributed by atoms with Crippen LogP contribution in [0.3, 0.4) is 0 Å². The van der Waals surface area contributed by atoms with Crippen molar-refractivity contribution in [1.29, 1.82) is 0 Å². The van der Waals surface area contributed by atoms with E-state index in [1.165, 1.54) is 66.7 Å². The molecule has 1 aliphatic rings. The molecule has 4 heterocycles. The first kappa shape index (κ1) is 55.1. The van der Waals surface area contributed by atoms with Gasteiger partial charge in [-0.2, -0.15) is 4.73 Å². The van der Waals surface area contributed by atoms with Crippen molar-refractivity contribution in [1.82, 2.24) is 25.7 Å². The summed E-state index contributed by atoms with van der Waals surface area (Å²) in [6.07, 6.45) is -7.07. The Morgan fingerprint density at radius 2 is 1.76 bits per heavy atom. The molecule has 9 unspecified atom stereocenters. The fraction of sp³-hybridized carbons (Fsp3) is 0.373. The number of fused-ring (bicyclic) bond motifs is 2. The van der Waals surface area contributed by atoms with Crippen molar-refractivity contribution in [3.8, 4) is 33.9 Å². The Bertz CT molecular complexity index is 3060. The highest BCUT2D eigenvalue weighted by molar-refractivity contribution is 5.98. The van der Waals surface area contributed by atoms with E-state index in [2.05, 4.69) is 25.9 Å². The first-order valence-corrected chi connectivity index (χ1v) is 23.7. The number of hydrogen-bond acceptors (Lipinski definition) is 19. The lowest BCUT2D eigenvalue weighted by Crippen LogP contribution is -2.82. The van der Waals surface area contributed by atoms with Crippen LogP contribution in [-0.4, -0.2) is 163 Å². The highest BCUT2D eigenvalue weighted by Gasteiger charge is 2.72. The van der Waals surface area contributed by atoms with Gasteiger partial charge in [0.1, 0.15) is 41.6 Å². The van der Waals surface area contributed by atoms with E-state index in [-0.39, 0.29) is 54.0 Å². The zero-order valence-electron chi connectivity index (χ0n) is 40.9. The Kier molecular flexibility index (Phi) is 17.4. The summed E-state index contributed by atoms with van der Waals surface area (Å²) in [4.78, 5) is 77.6. The van der Waals surface area contributed by atoms with Gasteiger partial charge >= 0.3 is 11.9 Å². The van der Waals surface area contributed by atoms with Gasteiger partial charge in [0.25, 0.3) is 0 Å². The van der Waals surface area contributed by atoms with Crippen LogP contribution in [0.5, 0.6) is 11.5 Å². The van der Waals surface area contributed by atoms with Crippen LogP contribution < -0.4 is 36.7 Å². The Morgan fingerprint density at radius 1 is 1.03 bits per heavy atom. The molecule has 24 nitrogen and oxygen atoms in total. The van der Waals surface area contributed by atoms with Crippen LogP contribution in [0.1, 0.15) is 30.4 Å². The van der Waals surface area contributed by atoms with E-state index in [0.717, 1.165) is 11.1 Å². The van der Waals surface area contributed by atoms with E-state index in [1.807, 2.05) is 32.0 Å². The van der Waals surface area contributed by atoms with Crippen molar-refractivity contribution in [2.75, 3.05) is 33.4 Å². The van der Waals surface area contributed by atoms with Crippen molar-refractivity contribution in [3.63, 3.8) is 0 Å². The van der Waals surface area contributed by atoms with E-state index >= 15 is 0 Å². The summed E-state index contributed by atoms with van der Waals surface area (Å²) in [6.45, 7) is 1.29. The molecule has 1 fully saturated rings. The van der Waals surface area contributed by atoms with Crippen molar-refractivity contribution in [2.45, 2.75) is 87.2 Å². The predicted molar refractivity (Wildman–Crippen MR) is 268 cm³/mol. The molecule has 1 saturated heterocycles.